The highest BCUT2D eigenvalue weighted by atomic mass is 32.2. The fourth-order valence-corrected chi connectivity index (χ4v) is 2.02. The Morgan fingerprint density at radius 2 is 1.71 bits per heavy atom. The molecule has 0 bridgehead atoms. The lowest BCUT2D eigenvalue weighted by atomic mass is 10.2. The van der Waals surface area contributed by atoms with Crippen LogP contribution >= 0.6 is 23.5 Å². The Hall–Kier alpha value is -0.290. The minimum absolute atomic E-state index is 0.0793. The summed E-state index contributed by atoms with van der Waals surface area (Å²) in [5.74, 6) is 0.830. The van der Waals surface area contributed by atoms with E-state index in [0.717, 1.165) is 11.3 Å². The van der Waals surface area contributed by atoms with E-state index in [1.54, 1.807) is 23.9 Å². The van der Waals surface area contributed by atoms with Crippen LogP contribution in [0.5, 0.6) is 0 Å². The maximum Gasteiger partial charge on any atom is 0.446 e. The Morgan fingerprint density at radius 3 is 2.14 bits per heavy atom. The first-order valence-electron chi connectivity index (χ1n) is 3.85. The minimum Gasteiger partial charge on any atom is -0.161 e. The lowest BCUT2D eigenvalue weighted by Gasteiger charge is -2.05. The van der Waals surface area contributed by atoms with Crippen LogP contribution in [0.3, 0.4) is 0 Å². The van der Waals surface area contributed by atoms with E-state index in [1.165, 1.54) is 12.1 Å². The van der Waals surface area contributed by atoms with Gasteiger partial charge in [0.05, 0.1) is 0 Å². The average molecular weight is 238 g/mol. The fraction of sp³-hybridized carbons (Fsp3) is 0.333. The summed E-state index contributed by atoms with van der Waals surface area (Å²) in [5, 5.41) is 0. The number of thioether (sulfide) groups is 2. The molecule has 1 aromatic carbocycles. The molecule has 1 rings (SSSR count). The van der Waals surface area contributed by atoms with Crippen molar-refractivity contribution in [2.45, 2.75) is 16.2 Å². The Balaban J connectivity index is 2.64. The first-order valence-corrected chi connectivity index (χ1v) is 6.06. The van der Waals surface area contributed by atoms with Gasteiger partial charge in [-0.05, 0) is 35.7 Å². The van der Waals surface area contributed by atoms with Crippen LogP contribution in [0.2, 0.25) is 0 Å². The average Bonchev–Trinajstić information content (AvgIpc) is 2.06. The van der Waals surface area contributed by atoms with Crippen LogP contribution in [-0.4, -0.2) is 11.8 Å². The molecule has 5 heteroatoms. The molecule has 0 aromatic heterocycles. The highest BCUT2D eigenvalue weighted by Gasteiger charge is 2.28. The topological polar surface area (TPSA) is 0 Å². The number of benzene rings is 1. The fourth-order valence-electron chi connectivity index (χ4n) is 0.954. The third-order valence-electron chi connectivity index (χ3n) is 1.47. The molecule has 0 spiro atoms. The van der Waals surface area contributed by atoms with E-state index in [9.17, 15) is 13.2 Å². The lowest BCUT2D eigenvalue weighted by molar-refractivity contribution is -0.0328. The smallest absolute Gasteiger partial charge is 0.161 e. The van der Waals surface area contributed by atoms with Gasteiger partial charge in [0.1, 0.15) is 0 Å². The second-order valence-electron chi connectivity index (χ2n) is 2.62. The van der Waals surface area contributed by atoms with Crippen molar-refractivity contribution in [3.05, 3.63) is 29.8 Å². The van der Waals surface area contributed by atoms with Gasteiger partial charge in [-0.2, -0.15) is 24.9 Å². The first kappa shape index (κ1) is 11.8. The summed E-state index contributed by atoms with van der Waals surface area (Å²) in [6, 6.07) is 6.46. The summed E-state index contributed by atoms with van der Waals surface area (Å²) < 4.78 is 35.8. The number of hydrogen-bond acceptors (Lipinski definition) is 2. The predicted molar refractivity (Wildman–Crippen MR) is 55.6 cm³/mol. The molecule has 0 aliphatic carbocycles. The van der Waals surface area contributed by atoms with Crippen molar-refractivity contribution >= 4 is 23.5 Å². The molecule has 0 amide bonds. The maximum absolute atomic E-state index is 11.9. The van der Waals surface area contributed by atoms with E-state index in [-0.39, 0.29) is 16.7 Å². The molecule has 78 valence electrons. The SMILES string of the molecule is CSCc1ccc(SC(F)(F)F)cc1. The highest BCUT2D eigenvalue weighted by molar-refractivity contribution is 8.00. The van der Waals surface area contributed by atoms with Crippen LogP contribution in [0.4, 0.5) is 13.2 Å². The molecular weight excluding hydrogens is 229 g/mol. The van der Waals surface area contributed by atoms with Gasteiger partial charge in [0.2, 0.25) is 0 Å². The maximum atomic E-state index is 11.9. The summed E-state index contributed by atoms with van der Waals surface area (Å²) >= 11 is 1.57. The van der Waals surface area contributed by atoms with Gasteiger partial charge in [-0.1, -0.05) is 12.1 Å². The zero-order valence-electron chi connectivity index (χ0n) is 7.47. The molecule has 0 unspecified atom stereocenters. The summed E-state index contributed by atoms with van der Waals surface area (Å²) in [5.41, 5.74) is -3.15. The van der Waals surface area contributed by atoms with E-state index in [4.69, 9.17) is 0 Å². The number of hydrogen-bond donors (Lipinski definition) is 0. The summed E-state index contributed by atoms with van der Waals surface area (Å²) in [4.78, 5) is 0.238. The quantitative estimate of drug-likeness (QED) is 0.725. The molecule has 0 saturated carbocycles. The van der Waals surface area contributed by atoms with Gasteiger partial charge >= 0.3 is 5.51 Å². The molecule has 0 radical (unpaired) electrons. The molecular formula is C9H9F3S2. The van der Waals surface area contributed by atoms with Gasteiger partial charge in [-0.25, -0.2) is 0 Å². The van der Waals surface area contributed by atoms with Crippen LogP contribution in [-0.2, 0) is 5.75 Å². The summed E-state index contributed by atoms with van der Waals surface area (Å²) in [6.07, 6.45) is 1.96. The van der Waals surface area contributed by atoms with Crippen molar-refractivity contribution in [2.75, 3.05) is 6.26 Å². The second-order valence-corrected chi connectivity index (χ2v) is 4.63. The Morgan fingerprint density at radius 1 is 1.14 bits per heavy atom. The molecule has 0 fully saturated rings. The van der Waals surface area contributed by atoms with Gasteiger partial charge in [-0.3, -0.25) is 0 Å². The van der Waals surface area contributed by atoms with Gasteiger partial charge in [0.15, 0.2) is 0 Å². The molecule has 0 nitrogen and oxygen atoms in total. The third kappa shape index (κ3) is 4.28. The Kier molecular flexibility index (Phi) is 4.19. The summed E-state index contributed by atoms with van der Waals surface area (Å²) in [6.45, 7) is 0. The van der Waals surface area contributed by atoms with Crippen LogP contribution in [0.1, 0.15) is 5.56 Å². The Labute approximate surface area is 89.3 Å². The zero-order chi connectivity index (χ0) is 10.6. The van der Waals surface area contributed by atoms with Crippen LogP contribution in [0.25, 0.3) is 0 Å². The highest BCUT2D eigenvalue weighted by Crippen LogP contribution is 2.36. The van der Waals surface area contributed by atoms with Crippen LogP contribution < -0.4 is 0 Å². The molecule has 0 N–H and O–H groups in total. The van der Waals surface area contributed by atoms with Crippen molar-refractivity contribution in [1.82, 2.24) is 0 Å². The molecule has 0 saturated heterocycles. The molecule has 14 heavy (non-hydrogen) atoms. The van der Waals surface area contributed by atoms with Crippen molar-refractivity contribution in [1.29, 1.82) is 0 Å². The van der Waals surface area contributed by atoms with E-state index < -0.39 is 5.51 Å². The van der Waals surface area contributed by atoms with Crippen molar-refractivity contribution in [3.63, 3.8) is 0 Å². The van der Waals surface area contributed by atoms with E-state index >= 15 is 0 Å². The van der Waals surface area contributed by atoms with E-state index in [1.807, 2.05) is 6.26 Å². The molecule has 0 heterocycles. The molecule has 0 aliphatic heterocycles. The normalized spacial score (nSPS) is 11.7. The van der Waals surface area contributed by atoms with Gasteiger partial charge < -0.3 is 0 Å². The van der Waals surface area contributed by atoms with Crippen LogP contribution in [0.15, 0.2) is 29.2 Å². The minimum atomic E-state index is -4.19. The standard InChI is InChI=1S/C9H9F3S2/c1-13-6-7-2-4-8(5-3-7)14-9(10,11)12/h2-5H,6H2,1H3. The van der Waals surface area contributed by atoms with Crippen molar-refractivity contribution in [2.24, 2.45) is 0 Å². The Bertz CT molecular complexity index is 279. The van der Waals surface area contributed by atoms with Gasteiger partial charge in [-0.15, -0.1) is 0 Å². The number of alkyl halides is 3. The predicted octanol–water partition coefficient (Wildman–Crippen LogP) is 4.16. The number of halogens is 3. The van der Waals surface area contributed by atoms with Crippen LogP contribution in [0, 0.1) is 0 Å². The largest absolute Gasteiger partial charge is 0.446 e. The lowest BCUT2D eigenvalue weighted by Crippen LogP contribution is -1.98. The van der Waals surface area contributed by atoms with Gasteiger partial charge in [0.25, 0.3) is 0 Å². The van der Waals surface area contributed by atoms with Gasteiger partial charge in [0, 0.05) is 10.6 Å². The summed E-state index contributed by atoms with van der Waals surface area (Å²) in [7, 11) is 0. The monoisotopic (exact) mass is 238 g/mol. The second kappa shape index (κ2) is 4.98. The molecule has 0 atom stereocenters. The number of rotatable bonds is 3. The zero-order valence-corrected chi connectivity index (χ0v) is 9.10. The van der Waals surface area contributed by atoms with E-state index in [2.05, 4.69) is 0 Å². The molecule has 0 aliphatic rings. The third-order valence-corrected chi connectivity index (χ3v) is 2.83. The van der Waals surface area contributed by atoms with Crippen molar-refractivity contribution in [3.8, 4) is 0 Å². The molecule has 1 aromatic rings. The van der Waals surface area contributed by atoms with Crippen molar-refractivity contribution < 1.29 is 13.2 Å². The van der Waals surface area contributed by atoms with E-state index in [0.29, 0.717) is 0 Å². The first-order chi connectivity index (χ1) is 6.51.